The number of rotatable bonds is 3. The van der Waals surface area contributed by atoms with Gasteiger partial charge in [-0.25, -0.2) is 4.68 Å². The highest BCUT2D eigenvalue weighted by Gasteiger charge is 2.31. The zero-order valence-corrected chi connectivity index (χ0v) is 11.7. The van der Waals surface area contributed by atoms with Crippen LogP contribution in [0.2, 0.25) is 0 Å². The first-order chi connectivity index (χ1) is 9.77. The summed E-state index contributed by atoms with van der Waals surface area (Å²) >= 11 is 0. The molecule has 0 bridgehead atoms. The van der Waals surface area contributed by atoms with Crippen LogP contribution < -0.4 is 11.3 Å². The second-order valence-corrected chi connectivity index (χ2v) is 4.80. The van der Waals surface area contributed by atoms with E-state index in [9.17, 15) is 18.0 Å². The van der Waals surface area contributed by atoms with Crippen molar-refractivity contribution in [2.75, 3.05) is 5.73 Å². The van der Waals surface area contributed by atoms with Crippen molar-refractivity contribution >= 4 is 5.69 Å². The molecule has 0 saturated carbocycles. The standard InChI is InChI=1S/C14H16F3N3O/c1-3-5-11-12(18)13(21)20(19(11)2)10-7-4-6-9(8-10)14(15,16)17/h4,6-8H,3,5,18H2,1-2H3. The number of nitrogens with two attached hydrogens (primary N) is 1. The third-order valence-corrected chi connectivity index (χ3v) is 3.33. The van der Waals surface area contributed by atoms with Crippen LogP contribution in [0.4, 0.5) is 18.9 Å². The van der Waals surface area contributed by atoms with Crippen molar-refractivity contribution < 1.29 is 13.2 Å². The molecule has 1 heterocycles. The van der Waals surface area contributed by atoms with Crippen molar-refractivity contribution in [2.45, 2.75) is 25.9 Å². The van der Waals surface area contributed by atoms with Gasteiger partial charge in [-0.05, 0) is 24.6 Å². The van der Waals surface area contributed by atoms with Gasteiger partial charge in [0, 0.05) is 7.05 Å². The molecule has 0 aliphatic carbocycles. The molecule has 114 valence electrons. The summed E-state index contributed by atoms with van der Waals surface area (Å²) in [4.78, 5) is 12.2. The van der Waals surface area contributed by atoms with Crippen LogP contribution in [0.5, 0.6) is 0 Å². The lowest BCUT2D eigenvalue weighted by Gasteiger charge is -2.12. The molecule has 7 heteroatoms. The Labute approximate surface area is 119 Å². The summed E-state index contributed by atoms with van der Waals surface area (Å²) in [5.74, 6) is 0. The Morgan fingerprint density at radius 3 is 2.52 bits per heavy atom. The van der Waals surface area contributed by atoms with Crippen molar-refractivity contribution in [1.29, 1.82) is 0 Å². The van der Waals surface area contributed by atoms with E-state index in [2.05, 4.69) is 0 Å². The predicted octanol–water partition coefficient (Wildman–Crippen LogP) is 2.73. The first kappa shape index (κ1) is 15.2. The van der Waals surface area contributed by atoms with Crippen LogP contribution in [0.25, 0.3) is 5.69 Å². The summed E-state index contributed by atoms with van der Waals surface area (Å²) in [5, 5.41) is 0. The Hall–Kier alpha value is -2.18. The van der Waals surface area contributed by atoms with Gasteiger partial charge in [0.2, 0.25) is 0 Å². The molecular formula is C14H16F3N3O. The highest BCUT2D eigenvalue weighted by molar-refractivity contribution is 5.46. The quantitative estimate of drug-likeness (QED) is 0.947. The second kappa shape index (κ2) is 5.31. The molecule has 1 aromatic heterocycles. The van der Waals surface area contributed by atoms with E-state index in [1.807, 2.05) is 6.92 Å². The lowest BCUT2D eigenvalue weighted by Crippen LogP contribution is -2.21. The van der Waals surface area contributed by atoms with Gasteiger partial charge < -0.3 is 5.73 Å². The van der Waals surface area contributed by atoms with Gasteiger partial charge in [-0.15, -0.1) is 0 Å². The Bertz CT molecular complexity index is 713. The minimum absolute atomic E-state index is 0.0803. The topological polar surface area (TPSA) is 53.0 Å². The van der Waals surface area contributed by atoms with Crippen LogP contribution in [0.1, 0.15) is 24.6 Å². The molecule has 2 N–H and O–H groups in total. The minimum atomic E-state index is -4.46. The van der Waals surface area contributed by atoms with E-state index < -0.39 is 17.3 Å². The monoisotopic (exact) mass is 299 g/mol. The van der Waals surface area contributed by atoms with Gasteiger partial charge in [-0.2, -0.15) is 13.2 Å². The first-order valence-electron chi connectivity index (χ1n) is 6.51. The molecule has 2 aromatic rings. The number of hydrogen-bond acceptors (Lipinski definition) is 2. The molecule has 1 aromatic carbocycles. The smallest absolute Gasteiger partial charge is 0.393 e. The van der Waals surface area contributed by atoms with Crippen molar-refractivity contribution in [2.24, 2.45) is 7.05 Å². The summed E-state index contributed by atoms with van der Waals surface area (Å²) in [5.41, 5.74) is 5.32. The molecular weight excluding hydrogens is 283 g/mol. The fourth-order valence-electron chi connectivity index (χ4n) is 2.31. The third-order valence-electron chi connectivity index (χ3n) is 3.33. The van der Waals surface area contributed by atoms with E-state index in [0.717, 1.165) is 23.2 Å². The average Bonchev–Trinajstić information content (AvgIpc) is 2.62. The Morgan fingerprint density at radius 2 is 1.95 bits per heavy atom. The number of nitrogens with zero attached hydrogens (tertiary/aromatic N) is 2. The van der Waals surface area contributed by atoms with Crippen LogP contribution in [0.3, 0.4) is 0 Å². The van der Waals surface area contributed by atoms with Crippen LogP contribution in [-0.2, 0) is 19.6 Å². The van der Waals surface area contributed by atoms with Crippen molar-refractivity contribution in [3.63, 3.8) is 0 Å². The zero-order chi connectivity index (χ0) is 15.8. The molecule has 0 amide bonds. The van der Waals surface area contributed by atoms with E-state index in [0.29, 0.717) is 12.1 Å². The van der Waals surface area contributed by atoms with Crippen LogP contribution >= 0.6 is 0 Å². The molecule has 0 aliphatic heterocycles. The highest BCUT2D eigenvalue weighted by Crippen LogP contribution is 2.30. The number of aromatic nitrogens is 2. The third kappa shape index (κ3) is 2.68. The first-order valence-corrected chi connectivity index (χ1v) is 6.51. The molecule has 2 rings (SSSR count). The number of hydrogen-bond donors (Lipinski definition) is 1. The van der Waals surface area contributed by atoms with Crippen LogP contribution in [0.15, 0.2) is 29.1 Å². The average molecular weight is 299 g/mol. The maximum Gasteiger partial charge on any atom is 0.416 e. The minimum Gasteiger partial charge on any atom is -0.393 e. The van der Waals surface area contributed by atoms with Gasteiger partial charge in [0.1, 0.15) is 5.69 Å². The lowest BCUT2D eigenvalue weighted by molar-refractivity contribution is -0.137. The zero-order valence-electron chi connectivity index (χ0n) is 11.7. The molecule has 0 fully saturated rings. The normalized spacial score (nSPS) is 11.9. The molecule has 4 nitrogen and oxygen atoms in total. The SMILES string of the molecule is CCCc1c(N)c(=O)n(-c2cccc(C(F)(F)F)c2)n1C. The number of alkyl halides is 3. The van der Waals surface area contributed by atoms with Gasteiger partial charge in [0.25, 0.3) is 5.56 Å². The second-order valence-electron chi connectivity index (χ2n) is 4.80. The fraction of sp³-hybridized carbons (Fsp3) is 0.357. The van der Waals surface area contributed by atoms with Gasteiger partial charge in [-0.3, -0.25) is 9.48 Å². The summed E-state index contributed by atoms with van der Waals surface area (Å²) in [7, 11) is 1.61. The van der Waals surface area contributed by atoms with Crippen molar-refractivity contribution in [3.8, 4) is 5.69 Å². The van der Waals surface area contributed by atoms with Crippen molar-refractivity contribution in [3.05, 3.63) is 45.9 Å². The van der Waals surface area contributed by atoms with E-state index in [-0.39, 0.29) is 11.4 Å². The van der Waals surface area contributed by atoms with E-state index in [1.165, 1.54) is 16.8 Å². The molecule has 0 atom stereocenters. The largest absolute Gasteiger partial charge is 0.416 e. The Kier molecular flexibility index (Phi) is 3.85. The highest BCUT2D eigenvalue weighted by atomic mass is 19.4. The summed E-state index contributed by atoms with van der Waals surface area (Å²) in [6, 6.07) is 4.63. The molecule has 0 unspecified atom stereocenters. The Morgan fingerprint density at radius 1 is 1.29 bits per heavy atom. The molecule has 0 spiro atoms. The molecule has 21 heavy (non-hydrogen) atoms. The number of nitrogen functional groups attached to an aromatic ring is 1. The lowest BCUT2D eigenvalue weighted by atomic mass is 10.2. The molecule has 0 saturated heterocycles. The summed E-state index contributed by atoms with van der Waals surface area (Å²) in [6.45, 7) is 1.94. The summed E-state index contributed by atoms with van der Waals surface area (Å²) in [6.07, 6.45) is -3.09. The maximum atomic E-state index is 12.8. The van der Waals surface area contributed by atoms with Gasteiger partial charge in [0.15, 0.2) is 0 Å². The number of benzene rings is 1. The van der Waals surface area contributed by atoms with Crippen LogP contribution in [0, 0.1) is 0 Å². The number of anilines is 1. The fourth-order valence-corrected chi connectivity index (χ4v) is 2.31. The van der Waals surface area contributed by atoms with Gasteiger partial charge >= 0.3 is 6.18 Å². The van der Waals surface area contributed by atoms with Crippen molar-refractivity contribution in [1.82, 2.24) is 9.36 Å². The molecule has 0 radical (unpaired) electrons. The Balaban J connectivity index is 2.63. The van der Waals surface area contributed by atoms with E-state index in [1.54, 1.807) is 7.05 Å². The van der Waals surface area contributed by atoms with Crippen LogP contribution in [-0.4, -0.2) is 9.36 Å². The van der Waals surface area contributed by atoms with E-state index in [4.69, 9.17) is 5.73 Å². The number of halogens is 3. The predicted molar refractivity (Wildman–Crippen MR) is 74.4 cm³/mol. The van der Waals surface area contributed by atoms with Gasteiger partial charge in [-0.1, -0.05) is 19.4 Å². The maximum absolute atomic E-state index is 12.8. The van der Waals surface area contributed by atoms with Gasteiger partial charge in [0.05, 0.1) is 16.9 Å². The molecule has 0 aliphatic rings. The summed E-state index contributed by atoms with van der Waals surface area (Å²) < 4.78 is 41.0. The van der Waals surface area contributed by atoms with E-state index >= 15 is 0 Å².